The van der Waals surface area contributed by atoms with Gasteiger partial charge in [0.2, 0.25) is 5.91 Å². The van der Waals surface area contributed by atoms with E-state index in [9.17, 15) is 4.79 Å². The fourth-order valence-corrected chi connectivity index (χ4v) is 2.89. The highest BCUT2D eigenvalue weighted by molar-refractivity contribution is 5.85. The molecular weight excluding hydrogens is 294 g/mol. The van der Waals surface area contributed by atoms with Gasteiger partial charge in [-0.05, 0) is 26.4 Å². The van der Waals surface area contributed by atoms with E-state index in [-0.39, 0.29) is 12.5 Å². The molecule has 1 fully saturated rings. The van der Waals surface area contributed by atoms with Crippen molar-refractivity contribution in [1.82, 2.24) is 20.4 Å². The molecule has 7 heteroatoms. The van der Waals surface area contributed by atoms with Crippen LogP contribution in [0.2, 0.25) is 0 Å². The average molecular weight is 327 g/mol. The maximum atomic E-state index is 11.8. The smallest absolute Gasteiger partial charge is 0.241 e. The van der Waals surface area contributed by atoms with Crippen LogP contribution in [-0.4, -0.2) is 87.2 Å². The lowest BCUT2D eigenvalue weighted by molar-refractivity contribution is -0.119. The van der Waals surface area contributed by atoms with Crippen molar-refractivity contribution in [2.24, 2.45) is 4.99 Å². The lowest BCUT2D eigenvalue weighted by Crippen LogP contribution is -2.43. The van der Waals surface area contributed by atoms with Crippen LogP contribution in [0.4, 0.5) is 0 Å². The minimum atomic E-state index is -0.0723. The van der Waals surface area contributed by atoms with E-state index in [0.717, 1.165) is 45.1 Å². The molecule has 1 aliphatic rings. The number of ether oxygens (including phenoxy) is 1. The summed E-state index contributed by atoms with van der Waals surface area (Å²) in [4.78, 5) is 21.0. The van der Waals surface area contributed by atoms with Crippen LogP contribution in [0, 0.1) is 0 Å². The predicted molar refractivity (Wildman–Crippen MR) is 93.8 cm³/mol. The molecule has 0 aromatic heterocycles. The molecule has 0 aliphatic carbocycles. The van der Waals surface area contributed by atoms with E-state index < -0.39 is 0 Å². The zero-order valence-electron chi connectivity index (χ0n) is 15.1. The van der Waals surface area contributed by atoms with Crippen LogP contribution in [0.15, 0.2) is 4.99 Å². The molecule has 0 aromatic carbocycles. The summed E-state index contributed by atoms with van der Waals surface area (Å²) >= 11 is 0. The van der Waals surface area contributed by atoms with Crippen LogP contribution in [-0.2, 0) is 9.53 Å². The summed E-state index contributed by atoms with van der Waals surface area (Å²) in [6, 6.07) is 0.574. The fourth-order valence-electron chi connectivity index (χ4n) is 2.89. The first kappa shape index (κ1) is 19.7. The molecule has 0 saturated carbocycles. The van der Waals surface area contributed by atoms with Gasteiger partial charge in [-0.3, -0.25) is 9.69 Å². The second-order valence-electron chi connectivity index (χ2n) is 5.62. The van der Waals surface area contributed by atoms with Crippen LogP contribution in [0.1, 0.15) is 27.2 Å². The van der Waals surface area contributed by atoms with Crippen molar-refractivity contribution >= 4 is 11.9 Å². The summed E-state index contributed by atoms with van der Waals surface area (Å²) in [6.07, 6.45) is 1.14. The van der Waals surface area contributed by atoms with Crippen LogP contribution >= 0.6 is 0 Å². The second kappa shape index (κ2) is 11.2. The molecule has 1 amide bonds. The molecule has 1 atom stereocenters. The Labute approximate surface area is 140 Å². The zero-order valence-corrected chi connectivity index (χ0v) is 15.1. The normalized spacial score (nSPS) is 18.6. The van der Waals surface area contributed by atoms with E-state index in [1.54, 1.807) is 7.11 Å². The molecule has 1 rings (SSSR count). The number of amides is 1. The maximum Gasteiger partial charge on any atom is 0.241 e. The summed E-state index contributed by atoms with van der Waals surface area (Å²) in [7, 11) is 1.62. The van der Waals surface area contributed by atoms with Gasteiger partial charge in [-0.25, -0.2) is 4.99 Å². The van der Waals surface area contributed by atoms with E-state index in [4.69, 9.17) is 4.74 Å². The molecule has 0 spiro atoms. The van der Waals surface area contributed by atoms with E-state index >= 15 is 0 Å². The van der Waals surface area contributed by atoms with Gasteiger partial charge in [-0.1, -0.05) is 13.8 Å². The van der Waals surface area contributed by atoms with Crippen molar-refractivity contribution in [3.05, 3.63) is 0 Å². The van der Waals surface area contributed by atoms with Crippen molar-refractivity contribution in [3.63, 3.8) is 0 Å². The van der Waals surface area contributed by atoms with Gasteiger partial charge in [0.1, 0.15) is 6.54 Å². The summed E-state index contributed by atoms with van der Waals surface area (Å²) in [5.74, 6) is 0.765. The minimum absolute atomic E-state index is 0.0723. The first-order valence-corrected chi connectivity index (χ1v) is 8.69. The van der Waals surface area contributed by atoms with Gasteiger partial charge in [0.25, 0.3) is 0 Å². The van der Waals surface area contributed by atoms with Crippen molar-refractivity contribution in [2.45, 2.75) is 33.2 Å². The number of likely N-dealkylation sites (tertiary alicyclic amines) is 1. The quantitative estimate of drug-likeness (QED) is 0.358. The molecule has 2 N–H and O–H groups in total. The first-order chi connectivity index (χ1) is 11.2. The summed E-state index contributed by atoms with van der Waals surface area (Å²) < 4.78 is 4.92. The minimum Gasteiger partial charge on any atom is -0.383 e. The van der Waals surface area contributed by atoms with Gasteiger partial charge in [0.05, 0.1) is 6.61 Å². The number of guanidine groups is 1. The number of hydrogen-bond acceptors (Lipinski definition) is 4. The molecule has 0 radical (unpaired) electrons. The van der Waals surface area contributed by atoms with Gasteiger partial charge in [0.15, 0.2) is 5.96 Å². The third-order valence-corrected chi connectivity index (χ3v) is 4.13. The monoisotopic (exact) mass is 327 g/mol. The van der Waals surface area contributed by atoms with Gasteiger partial charge >= 0.3 is 0 Å². The van der Waals surface area contributed by atoms with Gasteiger partial charge in [-0.15, -0.1) is 0 Å². The van der Waals surface area contributed by atoms with E-state index in [1.165, 1.54) is 0 Å². The van der Waals surface area contributed by atoms with Crippen molar-refractivity contribution in [3.8, 4) is 0 Å². The van der Waals surface area contributed by atoms with Gasteiger partial charge in [0, 0.05) is 39.3 Å². The SMILES string of the molecule is CCNC(=NCC(=O)NCCOC)N1CCC(N(CC)CC)C1. The second-order valence-corrected chi connectivity index (χ2v) is 5.62. The molecule has 0 aromatic rings. The highest BCUT2D eigenvalue weighted by Crippen LogP contribution is 2.15. The largest absolute Gasteiger partial charge is 0.383 e. The number of nitrogens with one attached hydrogen (secondary N) is 2. The molecule has 1 saturated heterocycles. The van der Waals surface area contributed by atoms with Crippen LogP contribution in [0.3, 0.4) is 0 Å². The number of nitrogens with zero attached hydrogens (tertiary/aromatic N) is 3. The van der Waals surface area contributed by atoms with Crippen molar-refractivity contribution < 1.29 is 9.53 Å². The summed E-state index contributed by atoms with van der Waals surface area (Å²) in [6.45, 7) is 12.6. The number of carbonyl (C=O) groups is 1. The topological polar surface area (TPSA) is 69.2 Å². The third kappa shape index (κ3) is 6.74. The number of aliphatic imine (C=N–C) groups is 1. The Bertz CT molecular complexity index is 371. The Morgan fingerprint density at radius 1 is 1.30 bits per heavy atom. The number of methoxy groups -OCH3 is 1. The molecule has 1 aliphatic heterocycles. The lowest BCUT2D eigenvalue weighted by Gasteiger charge is -2.27. The molecular formula is C16H33N5O2. The van der Waals surface area contributed by atoms with Crippen LogP contribution in [0.25, 0.3) is 0 Å². The Morgan fingerprint density at radius 2 is 2.04 bits per heavy atom. The molecule has 0 bridgehead atoms. The Hall–Kier alpha value is -1.34. The van der Waals surface area contributed by atoms with E-state index in [2.05, 4.69) is 39.3 Å². The van der Waals surface area contributed by atoms with Crippen molar-refractivity contribution in [2.75, 3.05) is 59.5 Å². The Balaban J connectivity index is 2.54. The average Bonchev–Trinajstić information content (AvgIpc) is 3.02. The fraction of sp³-hybridized carbons (Fsp3) is 0.875. The standard InChI is InChI=1S/C16H33N5O2/c1-5-17-16(19-12-15(22)18-9-11-23-4)21-10-8-14(13-21)20(6-2)7-3/h14H,5-13H2,1-4H3,(H,17,19)(H,18,22). The molecule has 134 valence electrons. The first-order valence-electron chi connectivity index (χ1n) is 8.69. The zero-order chi connectivity index (χ0) is 17.1. The number of carbonyl (C=O) groups excluding carboxylic acids is 1. The lowest BCUT2D eigenvalue weighted by atomic mass is 10.2. The summed E-state index contributed by atoms with van der Waals surface area (Å²) in [5, 5.41) is 6.09. The number of likely N-dealkylation sites (N-methyl/N-ethyl adjacent to an activating group) is 1. The van der Waals surface area contributed by atoms with Crippen LogP contribution < -0.4 is 10.6 Å². The van der Waals surface area contributed by atoms with Gasteiger partial charge < -0.3 is 20.3 Å². The Kier molecular flexibility index (Phi) is 9.63. The van der Waals surface area contributed by atoms with Crippen molar-refractivity contribution in [1.29, 1.82) is 0 Å². The molecule has 7 nitrogen and oxygen atoms in total. The molecule has 23 heavy (non-hydrogen) atoms. The number of hydrogen-bond donors (Lipinski definition) is 2. The maximum absolute atomic E-state index is 11.8. The van der Waals surface area contributed by atoms with Gasteiger partial charge in [-0.2, -0.15) is 0 Å². The summed E-state index contributed by atoms with van der Waals surface area (Å²) in [5.41, 5.74) is 0. The third-order valence-electron chi connectivity index (χ3n) is 4.13. The predicted octanol–water partition coefficient (Wildman–Crippen LogP) is 0.131. The highest BCUT2D eigenvalue weighted by Gasteiger charge is 2.28. The Morgan fingerprint density at radius 3 is 2.65 bits per heavy atom. The number of rotatable bonds is 9. The highest BCUT2D eigenvalue weighted by atomic mass is 16.5. The van der Waals surface area contributed by atoms with E-state index in [1.807, 2.05) is 6.92 Å². The van der Waals surface area contributed by atoms with Crippen LogP contribution in [0.5, 0.6) is 0 Å². The van der Waals surface area contributed by atoms with E-state index in [0.29, 0.717) is 19.2 Å². The molecule has 1 heterocycles. The molecule has 1 unspecified atom stereocenters.